The summed E-state index contributed by atoms with van der Waals surface area (Å²) >= 11 is 0. The van der Waals surface area contributed by atoms with Gasteiger partial charge in [-0.05, 0) is 17.7 Å². The van der Waals surface area contributed by atoms with E-state index in [-0.39, 0.29) is 17.9 Å². The molecule has 6 nitrogen and oxygen atoms in total. The Morgan fingerprint density at radius 2 is 1.92 bits per heavy atom. The highest BCUT2D eigenvalue weighted by Gasteiger charge is 2.35. The van der Waals surface area contributed by atoms with Crippen LogP contribution in [0.15, 0.2) is 54.6 Å². The number of piperazine rings is 1. The van der Waals surface area contributed by atoms with Crippen molar-refractivity contribution < 1.29 is 19.2 Å². The molecule has 4 rings (SSSR count). The van der Waals surface area contributed by atoms with Gasteiger partial charge in [0.2, 0.25) is 0 Å². The minimum Gasteiger partial charge on any atom is -0.489 e. The molecule has 0 spiro atoms. The smallest absolute Gasteiger partial charge is 0.282 e. The number of carbonyl (C=O) groups is 2. The number of hydrogen-bond acceptors (Lipinski definition) is 3. The second kappa shape index (κ2) is 7.17. The highest BCUT2D eigenvalue weighted by Crippen LogP contribution is 2.39. The Morgan fingerprint density at radius 1 is 1.15 bits per heavy atom. The molecule has 0 saturated carbocycles. The van der Waals surface area contributed by atoms with E-state index >= 15 is 0 Å². The van der Waals surface area contributed by atoms with Gasteiger partial charge in [-0.3, -0.25) is 14.5 Å². The molecule has 2 heterocycles. The molecule has 0 aromatic heterocycles. The van der Waals surface area contributed by atoms with Crippen LogP contribution in [0.3, 0.4) is 0 Å². The zero-order chi connectivity index (χ0) is 17.9. The van der Waals surface area contributed by atoms with E-state index in [2.05, 4.69) is 5.32 Å². The molecular weight excluding hydrogens is 330 g/mol. The van der Waals surface area contributed by atoms with Crippen LogP contribution in [0.2, 0.25) is 0 Å². The first kappa shape index (κ1) is 16.6. The normalized spacial score (nSPS) is 22.2. The summed E-state index contributed by atoms with van der Waals surface area (Å²) < 4.78 is 5.91. The maximum Gasteiger partial charge on any atom is 0.282 e. The van der Waals surface area contributed by atoms with E-state index in [1.165, 1.54) is 0 Å². The maximum absolute atomic E-state index is 13.2. The molecule has 2 amide bonds. The Kier molecular flexibility index (Phi) is 4.58. The van der Waals surface area contributed by atoms with Crippen LogP contribution >= 0.6 is 0 Å². The molecule has 2 N–H and O–H groups in total. The summed E-state index contributed by atoms with van der Waals surface area (Å²) in [6.07, 6.45) is 0. The van der Waals surface area contributed by atoms with Crippen molar-refractivity contribution in [1.82, 2.24) is 5.32 Å². The Labute approximate surface area is 152 Å². The Morgan fingerprint density at radius 3 is 2.73 bits per heavy atom. The van der Waals surface area contributed by atoms with Crippen LogP contribution in [-0.2, 0) is 9.59 Å². The zero-order valence-electron chi connectivity index (χ0n) is 14.5. The molecule has 1 fully saturated rings. The lowest BCUT2D eigenvalue weighted by atomic mass is 10.0. The van der Waals surface area contributed by atoms with Crippen LogP contribution in [0.25, 0.3) is 0 Å². The number of amides is 2. The molecule has 134 valence electrons. The summed E-state index contributed by atoms with van der Waals surface area (Å²) in [6, 6.07) is 17.4. The van der Waals surface area contributed by atoms with Crippen LogP contribution < -0.4 is 19.9 Å². The molecule has 2 aliphatic heterocycles. The van der Waals surface area contributed by atoms with Crippen molar-refractivity contribution in [2.75, 3.05) is 37.7 Å². The van der Waals surface area contributed by atoms with Crippen molar-refractivity contribution in [3.63, 3.8) is 0 Å². The largest absolute Gasteiger partial charge is 0.489 e. The van der Waals surface area contributed by atoms with E-state index in [1.54, 1.807) is 0 Å². The number of benzene rings is 2. The summed E-state index contributed by atoms with van der Waals surface area (Å²) in [7, 11) is 0. The SMILES string of the molecule is O=C1C[NH+](CC(=O)N2c3ccccc3OC[C@H]2c2ccccc2)CCN1. The van der Waals surface area contributed by atoms with Gasteiger partial charge < -0.3 is 15.0 Å². The van der Waals surface area contributed by atoms with Gasteiger partial charge in [-0.1, -0.05) is 42.5 Å². The summed E-state index contributed by atoms with van der Waals surface area (Å²) in [6.45, 7) is 2.43. The third-order valence-corrected chi connectivity index (χ3v) is 4.90. The molecule has 2 aromatic carbocycles. The molecule has 1 saturated heterocycles. The summed E-state index contributed by atoms with van der Waals surface area (Å²) in [5, 5.41) is 2.81. The average molecular weight is 352 g/mol. The van der Waals surface area contributed by atoms with Crippen molar-refractivity contribution in [1.29, 1.82) is 0 Å². The molecule has 0 bridgehead atoms. The predicted octanol–water partition coefficient (Wildman–Crippen LogP) is 0.168. The Hall–Kier alpha value is -2.86. The minimum atomic E-state index is -0.170. The fourth-order valence-corrected chi connectivity index (χ4v) is 3.62. The number of quaternary nitrogens is 1. The van der Waals surface area contributed by atoms with Gasteiger partial charge in [0.15, 0.2) is 13.1 Å². The molecule has 1 unspecified atom stereocenters. The summed E-state index contributed by atoms with van der Waals surface area (Å²) in [4.78, 5) is 27.7. The fraction of sp³-hybridized carbons (Fsp3) is 0.300. The highest BCUT2D eigenvalue weighted by molar-refractivity contribution is 5.97. The van der Waals surface area contributed by atoms with Crippen LogP contribution in [0.1, 0.15) is 11.6 Å². The van der Waals surface area contributed by atoms with Crippen LogP contribution in [-0.4, -0.2) is 44.6 Å². The quantitative estimate of drug-likeness (QED) is 0.828. The van der Waals surface area contributed by atoms with Gasteiger partial charge in [0.05, 0.1) is 24.8 Å². The third kappa shape index (κ3) is 3.28. The zero-order valence-corrected chi connectivity index (χ0v) is 14.5. The van der Waals surface area contributed by atoms with E-state index in [0.717, 1.165) is 28.4 Å². The van der Waals surface area contributed by atoms with Gasteiger partial charge in [0.1, 0.15) is 12.4 Å². The van der Waals surface area contributed by atoms with Crippen molar-refractivity contribution >= 4 is 17.5 Å². The van der Waals surface area contributed by atoms with Crippen molar-refractivity contribution in [3.05, 3.63) is 60.2 Å². The lowest BCUT2D eigenvalue weighted by Gasteiger charge is -2.37. The van der Waals surface area contributed by atoms with E-state index in [4.69, 9.17) is 4.74 Å². The van der Waals surface area contributed by atoms with E-state index in [1.807, 2.05) is 59.5 Å². The summed E-state index contributed by atoms with van der Waals surface area (Å²) in [5.41, 5.74) is 1.83. The van der Waals surface area contributed by atoms with Gasteiger partial charge in [-0.15, -0.1) is 0 Å². The molecule has 2 aromatic rings. The van der Waals surface area contributed by atoms with Crippen molar-refractivity contribution in [2.45, 2.75) is 6.04 Å². The van der Waals surface area contributed by atoms with Gasteiger partial charge in [-0.25, -0.2) is 0 Å². The molecule has 2 atom stereocenters. The monoisotopic (exact) mass is 352 g/mol. The van der Waals surface area contributed by atoms with Crippen LogP contribution in [0, 0.1) is 0 Å². The Bertz CT molecular complexity index is 809. The van der Waals surface area contributed by atoms with E-state index < -0.39 is 0 Å². The average Bonchev–Trinajstić information content (AvgIpc) is 2.67. The number of carbonyl (C=O) groups excluding carboxylic acids is 2. The fourth-order valence-electron chi connectivity index (χ4n) is 3.62. The number of anilines is 1. The number of nitrogens with zero attached hydrogens (tertiary/aromatic N) is 1. The number of fused-ring (bicyclic) bond motifs is 1. The number of ether oxygens (including phenoxy) is 1. The Balaban J connectivity index is 1.64. The number of rotatable bonds is 3. The van der Waals surface area contributed by atoms with Crippen molar-refractivity contribution in [3.8, 4) is 5.75 Å². The van der Waals surface area contributed by atoms with E-state index in [9.17, 15) is 9.59 Å². The van der Waals surface area contributed by atoms with E-state index in [0.29, 0.717) is 26.2 Å². The van der Waals surface area contributed by atoms with Gasteiger partial charge in [0.25, 0.3) is 11.8 Å². The molecule has 0 radical (unpaired) electrons. The molecule has 2 aliphatic rings. The molecule has 6 heteroatoms. The predicted molar refractivity (Wildman–Crippen MR) is 97.2 cm³/mol. The number of nitrogens with one attached hydrogen (secondary N) is 2. The van der Waals surface area contributed by atoms with Crippen molar-refractivity contribution in [2.24, 2.45) is 0 Å². The number of para-hydroxylation sites is 2. The lowest BCUT2D eigenvalue weighted by Crippen LogP contribution is -3.16. The first-order valence-electron chi connectivity index (χ1n) is 8.91. The topological polar surface area (TPSA) is 63.1 Å². The third-order valence-electron chi connectivity index (χ3n) is 4.90. The second-order valence-electron chi connectivity index (χ2n) is 6.67. The first-order valence-corrected chi connectivity index (χ1v) is 8.91. The standard InChI is InChI=1S/C20H21N3O3/c24-19-12-22(11-10-21-19)13-20(25)23-16-8-4-5-9-18(16)26-14-17(23)15-6-2-1-3-7-15/h1-9,17H,10-14H2,(H,21,24)/p+1/t17-/m0/s1. The first-order chi connectivity index (χ1) is 12.7. The summed E-state index contributed by atoms with van der Waals surface area (Å²) in [5.74, 6) is 0.736. The lowest BCUT2D eigenvalue weighted by molar-refractivity contribution is -0.885. The van der Waals surface area contributed by atoms with Gasteiger partial charge in [0, 0.05) is 0 Å². The minimum absolute atomic E-state index is 0.000960. The molecule has 26 heavy (non-hydrogen) atoms. The van der Waals surface area contributed by atoms with Gasteiger partial charge in [-0.2, -0.15) is 0 Å². The second-order valence-corrected chi connectivity index (χ2v) is 6.67. The van der Waals surface area contributed by atoms with Crippen LogP contribution in [0.4, 0.5) is 5.69 Å². The van der Waals surface area contributed by atoms with Crippen LogP contribution in [0.5, 0.6) is 5.75 Å². The molecule has 0 aliphatic carbocycles. The molecular formula is C20H22N3O3+. The maximum atomic E-state index is 13.2. The highest BCUT2D eigenvalue weighted by atomic mass is 16.5. The number of hydrogen-bond donors (Lipinski definition) is 2. The van der Waals surface area contributed by atoms with Gasteiger partial charge >= 0.3 is 0 Å².